The van der Waals surface area contributed by atoms with Crippen LogP contribution in [-0.4, -0.2) is 20.7 Å². The van der Waals surface area contributed by atoms with Crippen molar-refractivity contribution in [2.24, 2.45) is 0 Å². The Hall–Kier alpha value is -2.31. The second-order valence-corrected chi connectivity index (χ2v) is 8.35. The molecule has 2 atom stereocenters. The first-order valence-corrected chi connectivity index (χ1v) is 10.4. The standard InChI is InChI=1S/C21H22ClN3O2S/c1-4-13(2)25-20(27)17-10-5-6-11-18(17)24-21(25)28-14(3)19(26)23-16-9-7-8-15(22)12-16/h5-14H,4H2,1-3H3,(H,23,26)/t13-,14+/m1/s1. The molecule has 28 heavy (non-hydrogen) atoms. The molecule has 2 aromatic carbocycles. The summed E-state index contributed by atoms with van der Waals surface area (Å²) < 4.78 is 1.69. The van der Waals surface area contributed by atoms with Crippen LogP contribution in [0.15, 0.2) is 58.5 Å². The molecule has 0 unspecified atom stereocenters. The van der Waals surface area contributed by atoms with Gasteiger partial charge in [0.15, 0.2) is 5.16 Å². The summed E-state index contributed by atoms with van der Waals surface area (Å²) in [6, 6.07) is 14.3. The van der Waals surface area contributed by atoms with Gasteiger partial charge < -0.3 is 5.32 Å². The van der Waals surface area contributed by atoms with Crippen LogP contribution in [0.5, 0.6) is 0 Å². The molecule has 146 valence electrons. The molecule has 0 spiro atoms. The lowest BCUT2D eigenvalue weighted by atomic mass is 10.2. The molecular weight excluding hydrogens is 394 g/mol. The van der Waals surface area contributed by atoms with Crippen molar-refractivity contribution in [3.8, 4) is 0 Å². The molecular formula is C21H22ClN3O2S. The van der Waals surface area contributed by atoms with Crippen LogP contribution < -0.4 is 10.9 Å². The molecule has 0 aliphatic rings. The Labute approximate surface area is 173 Å². The summed E-state index contributed by atoms with van der Waals surface area (Å²) in [5.74, 6) is -0.176. The first-order chi connectivity index (χ1) is 13.4. The maximum Gasteiger partial charge on any atom is 0.262 e. The average molecular weight is 416 g/mol. The number of halogens is 1. The monoisotopic (exact) mass is 415 g/mol. The Kier molecular flexibility index (Phi) is 6.42. The highest BCUT2D eigenvalue weighted by Gasteiger charge is 2.21. The molecule has 1 N–H and O–H groups in total. The second kappa shape index (κ2) is 8.80. The van der Waals surface area contributed by atoms with Gasteiger partial charge in [-0.1, -0.05) is 48.5 Å². The number of benzene rings is 2. The fraction of sp³-hybridized carbons (Fsp3) is 0.286. The third-order valence-corrected chi connectivity index (χ3v) is 5.85. The fourth-order valence-electron chi connectivity index (χ4n) is 2.80. The van der Waals surface area contributed by atoms with Gasteiger partial charge in [-0.2, -0.15) is 0 Å². The van der Waals surface area contributed by atoms with E-state index in [4.69, 9.17) is 11.6 Å². The predicted octanol–water partition coefficient (Wildman–Crippen LogP) is 5.14. The van der Waals surface area contributed by atoms with Crippen molar-refractivity contribution in [2.45, 2.75) is 43.6 Å². The van der Waals surface area contributed by atoms with Gasteiger partial charge in [-0.05, 0) is 50.6 Å². The number of hydrogen-bond donors (Lipinski definition) is 1. The largest absolute Gasteiger partial charge is 0.325 e. The summed E-state index contributed by atoms with van der Waals surface area (Å²) >= 11 is 7.26. The Morgan fingerprint density at radius 2 is 1.96 bits per heavy atom. The number of hydrogen-bond acceptors (Lipinski definition) is 4. The zero-order chi connectivity index (χ0) is 20.3. The van der Waals surface area contributed by atoms with E-state index < -0.39 is 5.25 Å². The number of aromatic nitrogens is 2. The van der Waals surface area contributed by atoms with Gasteiger partial charge in [-0.25, -0.2) is 4.98 Å². The van der Waals surface area contributed by atoms with Gasteiger partial charge in [0, 0.05) is 16.8 Å². The fourth-order valence-corrected chi connectivity index (χ4v) is 4.00. The van der Waals surface area contributed by atoms with E-state index >= 15 is 0 Å². The highest BCUT2D eigenvalue weighted by Crippen LogP contribution is 2.27. The minimum atomic E-state index is -0.442. The smallest absolute Gasteiger partial charge is 0.262 e. The number of carbonyl (C=O) groups excluding carboxylic acids is 1. The molecule has 0 radical (unpaired) electrons. The van der Waals surface area contributed by atoms with Crippen LogP contribution in [-0.2, 0) is 4.79 Å². The predicted molar refractivity (Wildman–Crippen MR) is 116 cm³/mol. The Bertz CT molecular complexity index is 1070. The van der Waals surface area contributed by atoms with Gasteiger partial charge in [0.05, 0.1) is 16.2 Å². The van der Waals surface area contributed by atoms with Crippen molar-refractivity contribution in [3.63, 3.8) is 0 Å². The van der Waals surface area contributed by atoms with E-state index in [0.717, 1.165) is 6.42 Å². The molecule has 7 heteroatoms. The van der Waals surface area contributed by atoms with Gasteiger partial charge >= 0.3 is 0 Å². The van der Waals surface area contributed by atoms with E-state index in [1.54, 1.807) is 41.8 Å². The van der Waals surface area contributed by atoms with Crippen molar-refractivity contribution in [2.75, 3.05) is 5.32 Å². The number of para-hydroxylation sites is 1. The number of anilines is 1. The summed E-state index contributed by atoms with van der Waals surface area (Å²) in [7, 11) is 0. The summed E-state index contributed by atoms with van der Waals surface area (Å²) in [4.78, 5) is 30.3. The van der Waals surface area contributed by atoms with Crippen LogP contribution in [0, 0.1) is 0 Å². The zero-order valence-electron chi connectivity index (χ0n) is 16.0. The van der Waals surface area contributed by atoms with Crippen LogP contribution in [0.1, 0.15) is 33.2 Å². The van der Waals surface area contributed by atoms with Crippen molar-refractivity contribution < 1.29 is 4.79 Å². The number of carbonyl (C=O) groups is 1. The van der Waals surface area contributed by atoms with Crippen molar-refractivity contribution in [1.82, 2.24) is 9.55 Å². The van der Waals surface area contributed by atoms with Crippen LogP contribution in [0.25, 0.3) is 10.9 Å². The Balaban J connectivity index is 1.91. The minimum absolute atomic E-state index is 0.0182. The lowest BCUT2D eigenvalue weighted by Gasteiger charge is -2.20. The first-order valence-electron chi connectivity index (χ1n) is 9.15. The average Bonchev–Trinajstić information content (AvgIpc) is 2.67. The summed E-state index contributed by atoms with van der Waals surface area (Å²) in [5.41, 5.74) is 1.19. The highest BCUT2D eigenvalue weighted by atomic mass is 35.5. The summed E-state index contributed by atoms with van der Waals surface area (Å²) in [6.07, 6.45) is 0.788. The summed E-state index contributed by atoms with van der Waals surface area (Å²) in [6.45, 7) is 5.81. The van der Waals surface area contributed by atoms with Crippen LogP contribution >= 0.6 is 23.4 Å². The first kappa shape index (κ1) is 20.4. The minimum Gasteiger partial charge on any atom is -0.325 e. The molecule has 1 amide bonds. The van der Waals surface area contributed by atoms with Gasteiger partial charge in [0.2, 0.25) is 5.91 Å². The molecule has 0 aliphatic heterocycles. The molecule has 0 fully saturated rings. The molecule has 0 saturated heterocycles. The zero-order valence-corrected chi connectivity index (χ0v) is 17.6. The number of nitrogens with zero attached hydrogens (tertiary/aromatic N) is 2. The molecule has 0 saturated carbocycles. The molecule has 3 rings (SSSR count). The quantitative estimate of drug-likeness (QED) is 0.447. The van der Waals surface area contributed by atoms with Crippen molar-refractivity contribution in [1.29, 1.82) is 0 Å². The third-order valence-electron chi connectivity index (χ3n) is 4.55. The van der Waals surface area contributed by atoms with Crippen molar-refractivity contribution >= 4 is 45.9 Å². The molecule has 1 aromatic heterocycles. The van der Waals surface area contributed by atoms with E-state index in [1.165, 1.54) is 11.8 Å². The van der Waals surface area contributed by atoms with Crippen molar-refractivity contribution in [3.05, 3.63) is 63.9 Å². The molecule has 5 nitrogen and oxygen atoms in total. The number of fused-ring (bicyclic) bond motifs is 1. The molecule has 0 aliphatic carbocycles. The summed E-state index contributed by atoms with van der Waals surface area (Å²) in [5, 5.41) is 4.11. The van der Waals surface area contributed by atoms with Crippen LogP contribution in [0.3, 0.4) is 0 Å². The van der Waals surface area contributed by atoms with Crippen LogP contribution in [0.4, 0.5) is 5.69 Å². The molecule has 3 aromatic rings. The topological polar surface area (TPSA) is 64.0 Å². The van der Waals surface area contributed by atoms with Gasteiger partial charge in [-0.15, -0.1) is 0 Å². The lowest BCUT2D eigenvalue weighted by Crippen LogP contribution is -2.28. The number of rotatable bonds is 6. The lowest BCUT2D eigenvalue weighted by molar-refractivity contribution is -0.115. The van der Waals surface area contributed by atoms with Crippen LogP contribution in [0.2, 0.25) is 5.02 Å². The van der Waals surface area contributed by atoms with E-state index in [-0.39, 0.29) is 17.5 Å². The molecule has 0 bridgehead atoms. The van der Waals surface area contributed by atoms with E-state index in [2.05, 4.69) is 10.3 Å². The van der Waals surface area contributed by atoms with E-state index in [0.29, 0.717) is 26.8 Å². The maximum absolute atomic E-state index is 13.0. The normalized spacial score (nSPS) is 13.3. The Morgan fingerprint density at radius 1 is 1.21 bits per heavy atom. The maximum atomic E-state index is 13.0. The number of thioether (sulfide) groups is 1. The van der Waals surface area contributed by atoms with Gasteiger partial charge in [0.1, 0.15) is 0 Å². The third kappa shape index (κ3) is 4.39. The number of amides is 1. The highest BCUT2D eigenvalue weighted by molar-refractivity contribution is 8.00. The van der Waals surface area contributed by atoms with E-state index in [9.17, 15) is 9.59 Å². The number of nitrogens with one attached hydrogen (secondary N) is 1. The van der Waals surface area contributed by atoms with Gasteiger partial charge in [0.25, 0.3) is 5.56 Å². The molecule has 1 heterocycles. The second-order valence-electron chi connectivity index (χ2n) is 6.60. The van der Waals surface area contributed by atoms with Gasteiger partial charge in [-0.3, -0.25) is 14.2 Å². The SMILES string of the molecule is CC[C@@H](C)n1c(S[C@@H](C)C(=O)Nc2cccc(Cl)c2)nc2ccccc2c1=O. The Morgan fingerprint density at radius 3 is 2.68 bits per heavy atom. The van der Waals surface area contributed by atoms with E-state index in [1.807, 2.05) is 32.0 Å².